The first kappa shape index (κ1) is 14.3. The molecule has 0 unspecified atom stereocenters. The van der Waals surface area contributed by atoms with Gasteiger partial charge in [-0.1, -0.05) is 31.1 Å². The molecule has 0 amide bonds. The fourth-order valence-electron chi connectivity index (χ4n) is 1.07. The lowest BCUT2D eigenvalue weighted by Gasteiger charge is -2.00. The van der Waals surface area contributed by atoms with E-state index >= 15 is 0 Å². The number of methoxy groups -OCH3 is 1. The van der Waals surface area contributed by atoms with Crippen molar-refractivity contribution in [2.45, 2.75) is 26.7 Å². The second-order valence-electron chi connectivity index (χ2n) is 3.14. The molecule has 0 atom stereocenters. The van der Waals surface area contributed by atoms with Crippen molar-refractivity contribution in [1.29, 1.82) is 0 Å². The van der Waals surface area contributed by atoms with Crippen LogP contribution in [0.15, 0.2) is 36.9 Å². The molecule has 0 radical (unpaired) electrons. The maximum absolute atomic E-state index is 5.11. The van der Waals surface area contributed by atoms with Gasteiger partial charge in [0, 0.05) is 12.8 Å². The summed E-state index contributed by atoms with van der Waals surface area (Å²) in [6, 6.07) is 8.01. The molecule has 0 heterocycles. The van der Waals surface area contributed by atoms with Crippen LogP contribution in [0.25, 0.3) is 0 Å². The standard InChI is InChI=1S/C12H14O.C3H6/c1-3-4-5-7-11-8-6-9-12(10-11)13-2;1-3-2/h6,8-10H,3,7H2,1-2H3;3H,1H2,2H3. The number of hydrogen-bond acceptors (Lipinski definition) is 1. The fraction of sp³-hybridized carbons (Fsp3) is 0.333. The first-order valence-corrected chi connectivity index (χ1v) is 5.44. The van der Waals surface area contributed by atoms with Gasteiger partial charge in [0.1, 0.15) is 5.75 Å². The van der Waals surface area contributed by atoms with Gasteiger partial charge in [0.15, 0.2) is 0 Å². The van der Waals surface area contributed by atoms with Gasteiger partial charge in [-0.2, -0.15) is 0 Å². The molecule has 0 aromatic heterocycles. The van der Waals surface area contributed by atoms with Crippen LogP contribution in [0.1, 0.15) is 25.8 Å². The normalized spacial score (nSPS) is 7.94. The number of rotatable bonds is 2. The van der Waals surface area contributed by atoms with Crippen LogP contribution in [-0.4, -0.2) is 7.11 Å². The average Bonchev–Trinajstić information content (AvgIpc) is 2.31. The first-order valence-electron chi connectivity index (χ1n) is 5.44. The minimum Gasteiger partial charge on any atom is -0.497 e. The molecule has 1 aromatic carbocycles. The van der Waals surface area contributed by atoms with Crippen LogP contribution in [-0.2, 0) is 6.42 Å². The second kappa shape index (κ2) is 9.86. The quantitative estimate of drug-likeness (QED) is 0.539. The minimum atomic E-state index is 0.811. The maximum Gasteiger partial charge on any atom is 0.119 e. The van der Waals surface area contributed by atoms with Gasteiger partial charge in [-0.25, -0.2) is 0 Å². The summed E-state index contributed by atoms with van der Waals surface area (Å²) in [5.74, 6) is 7.04. The van der Waals surface area contributed by atoms with Crippen molar-refractivity contribution in [3.63, 3.8) is 0 Å². The molecule has 0 fully saturated rings. The van der Waals surface area contributed by atoms with Crippen LogP contribution < -0.4 is 4.74 Å². The van der Waals surface area contributed by atoms with Crippen molar-refractivity contribution in [2.24, 2.45) is 0 Å². The smallest absolute Gasteiger partial charge is 0.119 e. The summed E-state index contributed by atoms with van der Waals surface area (Å²) in [5.41, 5.74) is 1.21. The van der Waals surface area contributed by atoms with Gasteiger partial charge in [-0.3, -0.25) is 0 Å². The van der Waals surface area contributed by atoms with E-state index in [0.29, 0.717) is 0 Å². The summed E-state index contributed by atoms with van der Waals surface area (Å²) in [6.45, 7) is 7.30. The summed E-state index contributed by atoms with van der Waals surface area (Å²) in [4.78, 5) is 0. The molecule has 16 heavy (non-hydrogen) atoms. The van der Waals surface area contributed by atoms with Crippen LogP contribution in [0, 0.1) is 11.8 Å². The zero-order valence-electron chi connectivity index (χ0n) is 10.4. The van der Waals surface area contributed by atoms with Gasteiger partial charge in [0.05, 0.1) is 7.11 Å². The zero-order valence-corrected chi connectivity index (χ0v) is 10.4. The van der Waals surface area contributed by atoms with Crippen molar-refractivity contribution < 1.29 is 4.74 Å². The average molecular weight is 216 g/mol. The minimum absolute atomic E-state index is 0.811. The van der Waals surface area contributed by atoms with Crippen LogP contribution in [0.2, 0.25) is 0 Å². The molecule has 0 aliphatic heterocycles. The van der Waals surface area contributed by atoms with Crippen molar-refractivity contribution in [3.05, 3.63) is 42.5 Å². The molecule has 1 nitrogen and oxygen atoms in total. The maximum atomic E-state index is 5.11. The Morgan fingerprint density at radius 3 is 2.62 bits per heavy atom. The lowest BCUT2D eigenvalue weighted by molar-refractivity contribution is 0.414. The van der Waals surface area contributed by atoms with Crippen molar-refractivity contribution in [2.75, 3.05) is 7.11 Å². The van der Waals surface area contributed by atoms with E-state index in [0.717, 1.165) is 18.6 Å². The van der Waals surface area contributed by atoms with E-state index in [1.807, 2.05) is 25.1 Å². The topological polar surface area (TPSA) is 9.23 Å². The molecule has 1 rings (SSSR count). The Morgan fingerprint density at radius 1 is 1.38 bits per heavy atom. The Bertz CT molecular complexity index is 355. The highest BCUT2D eigenvalue weighted by molar-refractivity contribution is 5.30. The Morgan fingerprint density at radius 2 is 2.06 bits per heavy atom. The van der Waals surface area contributed by atoms with E-state index in [1.165, 1.54) is 5.56 Å². The zero-order chi connectivity index (χ0) is 12.2. The predicted molar refractivity (Wildman–Crippen MR) is 70.6 cm³/mol. The van der Waals surface area contributed by atoms with Crippen LogP contribution in [0.4, 0.5) is 0 Å². The van der Waals surface area contributed by atoms with Gasteiger partial charge >= 0.3 is 0 Å². The summed E-state index contributed by atoms with van der Waals surface area (Å²) < 4.78 is 5.11. The Balaban J connectivity index is 0.000000673. The lowest BCUT2D eigenvalue weighted by Crippen LogP contribution is -1.85. The van der Waals surface area contributed by atoms with E-state index < -0.39 is 0 Å². The molecule has 1 aromatic rings. The summed E-state index contributed by atoms with van der Waals surface area (Å²) in [5, 5.41) is 0. The van der Waals surface area contributed by atoms with Gasteiger partial charge < -0.3 is 4.74 Å². The molecular formula is C15H20O. The Hall–Kier alpha value is -1.68. The second-order valence-corrected chi connectivity index (χ2v) is 3.14. The van der Waals surface area contributed by atoms with E-state index in [1.54, 1.807) is 13.2 Å². The van der Waals surface area contributed by atoms with Crippen molar-refractivity contribution in [1.82, 2.24) is 0 Å². The molecule has 86 valence electrons. The van der Waals surface area contributed by atoms with Crippen molar-refractivity contribution >= 4 is 0 Å². The summed E-state index contributed by atoms with van der Waals surface area (Å²) in [7, 11) is 1.68. The number of benzene rings is 1. The van der Waals surface area contributed by atoms with Gasteiger partial charge in [0.2, 0.25) is 0 Å². The van der Waals surface area contributed by atoms with Crippen molar-refractivity contribution in [3.8, 4) is 17.6 Å². The van der Waals surface area contributed by atoms with E-state index in [-0.39, 0.29) is 0 Å². The molecular weight excluding hydrogens is 196 g/mol. The van der Waals surface area contributed by atoms with E-state index in [9.17, 15) is 0 Å². The number of allylic oxidation sites excluding steroid dienone is 1. The fourth-order valence-corrected chi connectivity index (χ4v) is 1.07. The SMILES string of the molecule is C=CC.CCC#CCc1cccc(OC)c1. The molecule has 0 saturated heterocycles. The molecule has 1 heteroatoms. The highest BCUT2D eigenvalue weighted by Gasteiger charge is 1.92. The third-order valence-corrected chi connectivity index (χ3v) is 1.73. The highest BCUT2D eigenvalue weighted by atomic mass is 16.5. The largest absolute Gasteiger partial charge is 0.497 e. The molecule has 0 aliphatic carbocycles. The molecule has 0 N–H and O–H groups in total. The van der Waals surface area contributed by atoms with E-state index in [2.05, 4.69) is 31.4 Å². The highest BCUT2D eigenvalue weighted by Crippen LogP contribution is 2.12. The lowest BCUT2D eigenvalue weighted by atomic mass is 10.1. The van der Waals surface area contributed by atoms with Crippen LogP contribution >= 0.6 is 0 Å². The predicted octanol–water partition coefficient (Wildman–Crippen LogP) is 3.84. The third-order valence-electron chi connectivity index (χ3n) is 1.73. The number of hydrogen-bond donors (Lipinski definition) is 0. The van der Waals surface area contributed by atoms with E-state index in [4.69, 9.17) is 4.74 Å². The van der Waals surface area contributed by atoms with Gasteiger partial charge in [-0.15, -0.1) is 12.5 Å². The van der Waals surface area contributed by atoms with Gasteiger partial charge in [0.25, 0.3) is 0 Å². The van der Waals surface area contributed by atoms with Crippen LogP contribution in [0.5, 0.6) is 5.75 Å². The number of ether oxygens (including phenoxy) is 1. The molecule has 0 spiro atoms. The molecule has 0 bridgehead atoms. The molecule has 0 saturated carbocycles. The Labute approximate surface area is 99.1 Å². The Kier molecular flexibility index (Phi) is 8.82. The summed E-state index contributed by atoms with van der Waals surface area (Å²) in [6.07, 6.45) is 3.48. The first-order chi connectivity index (χ1) is 7.78. The monoisotopic (exact) mass is 216 g/mol. The molecule has 0 aliphatic rings. The van der Waals surface area contributed by atoms with Gasteiger partial charge in [-0.05, 0) is 24.6 Å². The summed E-state index contributed by atoms with van der Waals surface area (Å²) >= 11 is 0. The van der Waals surface area contributed by atoms with Crippen LogP contribution in [0.3, 0.4) is 0 Å². The third kappa shape index (κ3) is 6.73.